The summed E-state index contributed by atoms with van der Waals surface area (Å²) in [6, 6.07) is 18.0. The van der Waals surface area contributed by atoms with Crippen LogP contribution in [-0.2, 0) is 22.6 Å². The fourth-order valence-corrected chi connectivity index (χ4v) is 3.74. The standard InChI is InChI=1S/C27H27N3O4/c1-3-20-9-11-21(12-10-20)30-26(32)24(25(31)28-27(30)33)18-22-6-4-15-29(22)16-5-17-34-23-13-7-19(2)8-14-23/h4,6-15,18H,3,5,16-17H2,1-2H3,(H,28,31,33)/b24-18-. The average Bonchev–Trinajstić information content (AvgIpc) is 3.28. The first-order chi connectivity index (χ1) is 16.5. The molecule has 1 aliphatic rings. The first-order valence-corrected chi connectivity index (χ1v) is 11.3. The average molecular weight is 458 g/mol. The van der Waals surface area contributed by atoms with Crippen molar-refractivity contribution in [1.82, 2.24) is 9.88 Å². The van der Waals surface area contributed by atoms with E-state index in [1.807, 2.05) is 73.1 Å². The molecule has 7 nitrogen and oxygen atoms in total. The highest BCUT2D eigenvalue weighted by Crippen LogP contribution is 2.23. The van der Waals surface area contributed by atoms with Crippen molar-refractivity contribution in [2.24, 2.45) is 0 Å². The Balaban J connectivity index is 1.46. The number of hydrogen-bond donors (Lipinski definition) is 1. The number of aryl methyl sites for hydroxylation is 3. The lowest BCUT2D eigenvalue weighted by Crippen LogP contribution is -2.54. The van der Waals surface area contributed by atoms with Crippen molar-refractivity contribution in [3.8, 4) is 5.75 Å². The molecule has 2 aromatic carbocycles. The molecular formula is C27H27N3O4. The predicted molar refractivity (Wildman–Crippen MR) is 131 cm³/mol. The van der Waals surface area contributed by atoms with E-state index in [0.29, 0.717) is 24.5 Å². The lowest BCUT2D eigenvalue weighted by atomic mass is 10.1. The summed E-state index contributed by atoms with van der Waals surface area (Å²) < 4.78 is 7.73. The molecule has 1 aromatic heterocycles. The van der Waals surface area contributed by atoms with E-state index in [0.717, 1.165) is 29.1 Å². The Morgan fingerprint density at radius 2 is 1.71 bits per heavy atom. The van der Waals surface area contributed by atoms with Crippen molar-refractivity contribution >= 4 is 29.6 Å². The van der Waals surface area contributed by atoms with Gasteiger partial charge in [0.2, 0.25) is 0 Å². The number of ether oxygens (including phenoxy) is 1. The van der Waals surface area contributed by atoms with Gasteiger partial charge in [-0.3, -0.25) is 14.9 Å². The first kappa shape index (κ1) is 23.0. The molecule has 3 aromatic rings. The number of imide groups is 2. The van der Waals surface area contributed by atoms with Gasteiger partial charge in [-0.2, -0.15) is 0 Å². The van der Waals surface area contributed by atoms with Gasteiger partial charge in [0.25, 0.3) is 11.8 Å². The second kappa shape index (κ2) is 10.2. The van der Waals surface area contributed by atoms with Gasteiger partial charge in [-0.15, -0.1) is 0 Å². The minimum Gasteiger partial charge on any atom is -0.494 e. The van der Waals surface area contributed by atoms with Crippen molar-refractivity contribution in [2.75, 3.05) is 11.5 Å². The summed E-state index contributed by atoms with van der Waals surface area (Å²) in [5.41, 5.74) is 3.29. The van der Waals surface area contributed by atoms with Crippen LogP contribution in [0.25, 0.3) is 6.08 Å². The number of aromatic nitrogens is 1. The van der Waals surface area contributed by atoms with E-state index in [9.17, 15) is 14.4 Å². The quantitative estimate of drug-likeness (QED) is 0.307. The van der Waals surface area contributed by atoms with Gasteiger partial charge < -0.3 is 9.30 Å². The lowest BCUT2D eigenvalue weighted by molar-refractivity contribution is -0.122. The lowest BCUT2D eigenvalue weighted by Gasteiger charge is -2.26. The zero-order valence-corrected chi connectivity index (χ0v) is 19.3. The number of carbonyl (C=O) groups is 3. The number of carbonyl (C=O) groups excluding carboxylic acids is 3. The van der Waals surface area contributed by atoms with E-state index >= 15 is 0 Å². The molecule has 1 saturated heterocycles. The van der Waals surface area contributed by atoms with Crippen LogP contribution in [0.3, 0.4) is 0 Å². The monoisotopic (exact) mass is 457 g/mol. The maximum Gasteiger partial charge on any atom is 0.335 e. The van der Waals surface area contributed by atoms with Gasteiger partial charge in [-0.05, 0) is 67.8 Å². The number of benzene rings is 2. The first-order valence-electron chi connectivity index (χ1n) is 11.3. The van der Waals surface area contributed by atoms with Gasteiger partial charge in [-0.25, -0.2) is 9.69 Å². The van der Waals surface area contributed by atoms with E-state index in [2.05, 4.69) is 5.32 Å². The molecule has 0 spiro atoms. The molecule has 1 N–H and O–H groups in total. The number of barbiturate groups is 1. The number of urea groups is 1. The summed E-state index contributed by atoms with van der Waals surface area (Å²) in [5.74, 6) is -0.526. The van der Waals surface area contributed by atoms with Crippen LogP contribution in [0.4, 0.5) is 10.5 Å². The molecule has 4 rings (SSSR count). The molecule has 2 heterocycles. The summed E-state index contributed by atoms with van der Waals surface area (Å²) >= 11 is 0. The van der Waals surface area contributed by atoms with Gasteiger partial charge in [0.05, 0.1) is 12.3 Å². The van der Waals surface area contributed by atoms with Crippen molar-refractivity contribution in [3.63, 3.8) is 0 Å². The Hall–Kier alpha value is -4.13. The van der Waals surface area contributed by atoms with E-state index in [4.69, 9.17) is 4.74 Å². The fourth-order valence-electron chi connectivity index (χ4n) is 3.74. The molecule has 0 radical (unpaired) electrons. The van der Waals surface area contributed by atoms with Gasteiger partial charge in [0, 0.05) is 18.4 Å². The molecule has 0 bridgehead atoms. The third-order valence-electron chi connectivity index (χ3n) is 5.69. The predicted octanol–water partition coefficient (Wildman–Crippen LogP) is 4.49. The van der Waals surface area contributed by atoms with E-state index < -0.39 is 17.8 Å². The van der Waals surface area contributed by atoms with Crippen LogP contribution in [0.5, 0.6) is 5.75 Å². The van der Waals surface area contributed by atoms with Crippen LogP contribution < -0.4 is 15.0 Å². The van der Waals surface area contributed by atoms with Crippen LogP contribution >= 0.6 is 0 Å². The van der Waals surface area contributed by atoms with Gasteiger partial charge >= 0.3 is 6.03 Å². The van der Waals surface area contributed by atoms with Crippen molar-refractivity contribution < 1.29 is 19.1 Å². The highest BCUT2D eigenvalue weighted by molar-refractivity contribution is 6.39. The highest BCUT2D eigenvalue weighted by Gasteiger charge is 2.36. The Morgan fingerprint density at radius 3 is 2.41 bits per heavy atom. The molecule has 0 saturated carbocycles. The minimum absolute atomic E-state index is 0.0879. The summed E-state index contributed by atoms with van der Waals surface area (Å²) in [6.07, 6.45) is 5.00. The largest absolute Gasteiger partial charge is 0.494 e. The van der Waals surface area contributed by atoms with Crippen molar-refractivity contribution in [3.05, 3.63) is 89.3 Å². The van der Waals surface area contributed by atoms with Crippen molar-refractivity contribution in [2.45, 2.75) is 33.2 Å². The molecule has 7 heteroatoms. The third-order valence-corrected chi connectivity index (χ3v) is 5.69. The Kier molecular flexibility index (Phi) is 6.92. The normalized spacial score (nSPS) is 15.1. The maximum atomic E-state index is 13.1. The maximum absolute atomic E-state index is 13.1. The van der Waals surface area contributed by atoms with Crippen LogP contribution in [0.1, 0.15) is 30.2 Å². The molecule has 0 aliphatic carbocycles. The number of nitrogens with one attached hydrogen (secondary N) is 1. The number of nitrogens with zero attached hydrogens (tertiary/aromatic N) is 2. The number of rotatable bonds is 8. The Morgan fingerprint density at radius 1 is 0.971 bits per heavy atom. The smallest absolute Gasteiger partial charge is 0.335 e. The highest BCUT2D eigenvalue weighted by atomic mass is 16.5. The minimum atomic E-state index is -0.750. The molecule has 174 valence electrons. The summed E-state index contributed by atoms with van der Waals surface area (Å²) in [5, 5.41) is 2.27. The van der Waals surface area contributed by atoms with E-state index in [1.165, 1.54) is 11.6 Å². The second-order valence-corrected chi connectivity index (χ2v) is 8.12. The zero-order chi connectivity index (χ0) is 24.1. The Labute approximate surface area is 198 Å². The fraction of sp³-hybridized carbons (Fsp3) is 0.222. The topological polar surface area (TPSA) is 80.6 Å². The molecule has 4 amide bonds. The molecule has 0 atom stereocenters. The number of anilines is 1. The van der Waals surface area contributed by atoms with Gasteiger partial charge in [-0.1, -0.05) is 36.8 Å². The van der Waals surface area contributed by atoms with Crippen LogP contribution in [0.15, 0.2) is 72.4 Å². The third kappa shape index (κ3) is 5.09. The van der Waals surface area contributed by atoms with Crippen LogP contribution in [0, 0.1) is 6.92 Å². The molecule has 1 fully saturated rings. The second-order valence-electron chi connectivity index (χ2n) is 8.12. The number of amides is 4. The molecular weight excluding hydrogens is 430 g/mol. The summed E-state index contributed by atoms with van der Waals surface area (Å²) in [6.45, 7) is 5.24. The zero-order valence-electron chi connectivity index (χ0n) is 19.3. The van der Waals surface area contributed by atoms with Crippen LogP contribution in [-0.4, -0.2) is 29.0 Å². The van der Waals surface area contributed by atoms with E-state index in [1.54, 1.807) is 12.1 Å². The van der Waals surface area contributed by atoms with Crippen LogP contribution in [0.2, 0.25) is 0 Å². The molecule has 0 unspecified atom stereocenters. The SMILES string of the molecule is CCc1ccc(N2C(=O)NC(=O)/C(=C/c3cccn3CCCOc3ccc(C)cc3)C2=O)cc1. The Bertz CT molecular complexity index is 1220. The molecule has 1 aliphatic heterocycles. The van der Waals surface area contributed by atoms with Gasteiger partial charge in [0.1, 0.15) is 11.3 Å². The van der Waals surface area contributed by atoms with Gasteiger partial charge in [0.15, 0.2) is 0 Å². The molecule has 34 heavy (non-hydrogen) atoms. The van der Waals surface area contributed by atoms with E-state index in [-0.39, 0.29) is 5.57 Å². The summed E-state index contributed by atoms with van der Waals surface area (Å²) in [4.78, 5) is 39.0. The summed E-state index contributed by atoms with van der Waals surface area (Å²) in [7, 11) is 0. The number of hydrogen-bond acceptors (Lipinski definition) is 4. The van der Waals surface area contributed by atoms with Crippen molar-refractivity contribution in [1.29, 1.82) is 0 Å².